The average molecular weight is 433 g/mol. The molecule has 4 nitrogen and oxygen atoms in total. The van der Waals surface area contributed by atoms with Crippen LogP contribution in [0.4, 0.5) is 0 Å². The first kappa shape index (κ1) is 24.0. The Bertz CT molecular complexity index is 683. The standard InChI is InChI=1S/C23H40N2O2Si2/c1-8-28(9-2,10-3)23(18(7)24,29(11-4,12-5)13-6)25-21(26)19-16-14-15-17-20(19)22(25)27/h14-18H,8-13,24H2,1-7H3. The van der Waals surface area contributed by atoms with E-state index >= 15 is 0 Å². The largest absolute Gasteiger partial charge is 0.326 e. The molecule has 1 aliphatic rings. The molecule has 0 fully saturated rings. The van der Waals surface area contributed by atoms with E-state index in [0.29, 0.717) is 11.1 Å². The van der Waals surface area contributed by atoms with Gasteiger partial charge in [-0.2, -0.15) is 0 Å². The number of rotatable bonds is 10. The van der Waals surface area contributed by atoms with Crippen molar-refractivity contribution in [2.45, 2.75) is 95.6 Å². The van der Waals surface area contributed by atoms with Gasteiger partial charge >= 0.3 is 0 Å². The Balaban J connectivity index is 2.99. The molecule has 2 amide bonds. The lowest BCUT2D eigenvalue weighted by atomic mass is 10.1. The van der Waals surface area contributed by atoms with Crippen molar-refractivity contribution in [2.24, 2.45) is 5.73 Å². The van der Waals surface area contributed by atoms with E-state index in [0.717, 1.165) is 36.3 Å². The fourth-order valence-corrected chi connectivity index (χ4v) is 24.0. The van der Waals surface area contributed by atoms with Gasteiger partial charge in [0, 0.05) is 6.04 Å². The van der Waals surface area contributed by atoms with Gasteiger partial charge in [-0.3, -0.25) is 14.5 Å². The van der Waals surface area contributed by atoms with Gasteiger partial charge in [-0.1, -0.05) is 89.9 Å². The molecule has 0 spiro atoms. The third kappa shape index (κ3) is 3.01. The van der Waals surface area contributed by atoms with E-state index in [-0.39, 0.29) is 17.9 Å². The number of imide groups is 1. The molecule has 1 aliphatic heterocycles. The van der Waals surface area contributed by atoms with Crippen molar-refractivity contribution in [1.29, 1.82) is 0 Å². The molecule has 1 heterocycles. The van der Waals surface area contributed by atoms with Crippen molar-refractivity contribution < 1.29 is 9.59 Å². The molecule has 0 radical (unpaired) electrons. The van der Waals surface area contributed by atoms with Crippen molar-refractivity contribution in [1.82, 2.24) is 4.90 Å². The first-order valence-electron chi connectivity index (χ1n) is 11.5. The Morgan fingerprint density at radius 1 is 0.793 bits per heavy atom. The van der Waals surface area contributed by atoms with Crippen molar-refractivity contribution in [3.05, 3.63) is 35.4 Å². The van der Waals surface area contributed by atoms with Gasteiger partial charge in [0.2, 0.25) is 0 Å². The topological polar surface area (TPSA) is 63.4 Å². The molecule has 1 atom stereocenters. The second-order valence-electron chi connectivity index (χ2n) is 8.73. The van der Waals surface area contributed by atoms with Crippen LogP contribution in [0.15, 0.2) is 24.3 Å². The zero-order chi connectivity index (χ0) is 22.0. The summed E-state index contributed by atoms with van der Waals surface area (Å²) in [4.78, 5) is 28.9. The van der Waals surface area contributed by atoms with E-state index in [1.54, 1.807) is 4.90 Å². The second kappa shape index (κ2) is 8.86. The summed E-state index contributed by atoms with van der Waals surface area (Å²) < 4.78 is 0. The number of hydrogen-bond donors (Lipinski definition) is 1. The molecule has 162 valence electrons. The van der Waals surface area contributed by atoms with Gasteiger partial charge in [-0.05, 0) is 19.1 Å². The summed E-state index contributed by atoms with van der Waals surface area (Å²) >= 11 is 0. The van der Waals surface area contributed by atoms with E-state index in [4.69, 9.17) is 5.73 Å². The number of hydrogen-bond acceptors (Lipinski definition) is 3. The Morgan fingerprint density at radius 3 is 1.34 bits per heavy atom. The molecule has 0 bridgehead atoms. The lowest BCUT2D eigenvalue weighted by molar-refractivity contribution is 0.0567. The molecule has 0 saturated carbocycles. The van der Waals surface area contributed by atoms with Gasteiger partial charge in [0.05, 0.1) is 32.1 Å². The van der Waals surface area contributed by atoms with Crippen LogP contribution in [0.3, 0.4) is 0 Å². The van der Waals surface area contributed by atoms with Crippen LogP contribution in [0, 0.1) is 0 Å². The fraction of sp³-hybridized carbons (Fsp3) is 0.652. The Morgan fingerprint density at radius 2 is 1.10 bits per heavy atom. The molecule has 2 N–H and O–H groups in total. The van der Waals surface area contributed by atoms with E-state index in [9.17, 15) is 9.59 Å². The highest BCUT2D eigenvalue weighted by Gasteiger charge is 2.69. The summed E-state index contributed by atoms with van der Waals surface area (Å²) in [6, 6.07) is 13.4. The summed E-state index contributed by atoms with van der Waals surface area (Å²) in [5.41, 5.74) is 8.07. The van der Waals surface area contributed by atoms with Crippen molar-refractivity contribution in [3.63, 3.8) is 0 Å². The van der Waals surface area contributed by atoms with Gasteiger partial charge < -0.3 is 5.73 Å². The highest BCUT2D eigenvalue weighted by molar-refractivity contribution is 7.02. The molecule has 6 heteroatoms. The lowest BCUT2D eigenvalue weighted by Gasteiger charge is -2.63. The molecule has 0 aromatic heterocycles. The number of nitrogens with two attached hydrogens (primary N) is 1. The molecule has 1 unspecified atom stereocenters. The smallest absolute Gasteiger partial charge is 0.261 e. The first-order valence-corrected chi connectivity index (χ1v) is 16.7. The predicted molar refractivity (Wildman–Crippen MR) is 128 cm³/mol. The van der Waals surface area contributed by atoms with E-state index in [1.807, 2.05) is 24.3 Å². The summed E-state index contributed by atoms with van der Waals surface area (Å²) in [5.74, 6) is -0.218. The van der Waals surface area contributed by atoms with Gasteiger partial charge in [0.15, 0.2) is 0 Å². The van der Waals surface area contributed by atoms with Crippen LogP contribution in [0.25, 0.3) is 0 Å². The third-order valence-corrected chi connectivity index (χ3v) is 24.4. The minimum Gasteiger partial charge on any atom is -0.326 e. The van der Waals surface area contributed by atoms with Crippen molar-refractivity contribution in [2.75, 3.05) is 0 Å². The van der Waals surface area contributed by atoms with Crippen LogP contribution in [0.2, 0.25) is 36.3 Å². The first-order chi connectivity index (χ1) is 13.7. The Labute approximate surface area is 179 Å². The molecular weight excluding hydrogens is 392 g/mol. The minimum absolute atomic E-state index is 0.109. The molecular formula is C23H40N2O2Si2. The summed E-state index contributed by atoms with van der Waals surface area (Å²) in [7, 11) is -4.25. The van der Waals surface area contributed by atoms with Gasteiger partial charge in [-0.15, -0.1) is 0 Å². The zero-order valence-electron chi connectivity index (χ0n) is 19.5. The Kier molecular flexibility index (Phi) is 7.34. The fourth-order valence-electron chi connectivity index (χ4n) is 6.83. The monoisotopic (exact) mass is 432 g/mol. The quantitative estimate of drug-likeness (QED) is 0.394. The number of amides is 2. The lowest BCUT2D eigenvalue weighted by Crippen LogP contribution is -2.85. The third-order valence-electron chi connectivity index (χ3n) is 8.48. The maximum absolute atomic E-state index is 13.8. The second-order valence-corrected chi connectivity index (χ2v) is 20.1. The zero-order valence-corrected chi connectivity index (χ0v) is 21.5. The summed E-state index contributed by atoms with van der Waals surface area (Å²) in [5, 5.41) is 0. The highest BCUT2D eigenvalue weighted by Crippen LogP contribution is 2.51. The highest BCUT2D eigenvalue weighted by atomic mass is 28.4. The maximum Gasteiger partial charge on any atom is 0.261 e. The number of carbonyl (C=O) groups is 2. The minimum atomic E-state index is -2.13. The van der Waals surface area contributed by atoms with Gasteiger partial charge in [0.1, 0.15) is 0 Å². The maximum atomic E-state index is 13.8. The van der Waals surface area contributed by atoms with E-state index < -0.39 is 20.9 Å². The SMILES string of the molecule is CC[Si](CC)(CC)C(C(C)N)(N1C(=O)c2ccccc2C1=O)[Si](CC)(CC)CC. The van der Waals surface area contributed by atoms with Crippen LogP contribution in [0.5, 0.6) is 0 Å². The van der Waals surface area contributed by atoms with Crippen LogP contribution in [-0.2, 0) is 0 Å². The van der Waals surface area contributed by atoms with Crippen LogP contribution < -0.4 is 5.73 Å². The Hall–Kier alpha value is -1.25. The van der Waals surface area contributed by atoms with Crippen LogP contribution in [0.1, 0.15) is 69.2 Å². The van der Waals surface area contributed by atoms with Gasteiger partial charge in [-0.25, -0.2) is 0 Å². The van der Waals surface area contributed by atoms with Crippen LogP contribution >= 0.6 is 0 Å². The van der Waals surface area contributed by atoms with Crippen molar-refractivity contribution in [3.8, 4) is 0 Å². The molecule has 1 aromatic carbocycles. The average Bonchev–Trinajstić information content (AvgIpc) is 3.00. The van der Waals surface area contributed by atoms with E-state index in [2.05, 4.69) is 48.5 Å². The predicted octanol–water partition coefficient (Wildman–Crippen LogP) is 5.46. The molecule has 0 aliphatic carbocycles. The normalized spacial score (nSPS) is 16.3. The van der Waals surface area contributed by atoms with Crippen molar-refractivity contribution >= 4 is 28.0 Å². The summed E-state index contributed by atoms with van der Waals surface area (Å²) in [6.07, 6.45) is 0. The molecule has 2 rings (SSSR count). The number of nitrogens with zero attached hydrogens (tertiary/aromatic N) is 1. The van der Waals surface area contributed by atoms with Gasteiger partial charge in [0.25, 0.3) is 11.8 Å². The van der Waals surface area contributed by atoms with Crippen LogP contribution in [-0.4, -0.2) is 43.7 Å². The number of fused-ring (bicyclic) bond motifs is 1. The van der Waals surface area contributed by atoms with E-state index in [1.165, 1.54) is 0 Å². The molecule has 1 aromatic rings. The number of carbonyl (C=O) groups excluding carboxylic acids is 2. The molecule has 29 heavy (non-hydrogen) atoms. The number of benzene rings is 1. The molecule has 0 saturated heterocycles. The summed E-state index contributed by atoms with van der Waals surface area (Å²) in [6.45, 7) is 15.7.